The quantitative estimate of drug-likeness (QED) is 0.465. The Hall–Kier alpha value is -3.76. The van der Waals surface area contributed by atoms with Crippen LogP contribution < -0.4 is 10.1 Å². The number of carboxylic acid groups (broad SMARTS) is 1. The van der Waals surface area contributed by atoms with E-state index in [-0.39, 0.29) is 36.1 Å². The van der Waals surface area contributed by atoms with E-state index in [0.717, 1.165) is 12.0 Å². The molecule has 1 heterocycles. The van der Waals surface area contributed by atoms with E-state index in [0.29, 0.717) is 30.4 Å². The highest BCUT2D eigenvalue weighted by atomic mass is 19.4. The van der Waals surface area contributed by atoms with Crippen molar-refractivity contribution in [1.82, 2.24) is 10.2 Å². The fourth-order valence-corrected chi connectivity index (χ4v) is 3.61. The smallest absolute Gasteiger partial charge is 0.481 e. The number of amidine groups is 1. The summed E-state index contributed by atoms with van der Waals surface area (Å²) in [4.78, 5) is 29.4. The van der Waals surface area contributed by atoms with Gasteiger partial charge in [-0.15, -0.1) is 13.2 Å². The first-order chi connectivity index (χ1) is 17.3. The van der Waals surface area contributed by atoms with Gasteiger partial charge in [0.2, 0.25) is 0 Å². The maximum absolute atomic E-state index is 12.4. The van der Waals surface area contributed by atoms with Crippen molar-refractivity contribution in [3.05, 3.63) is 59.7 Å². The number of aliphatic imine (C=N–C) groups is 1. The van der Waals surface area contributed by atoms with E-state index >= 15 is 0 Å². The number of carbonyl (C=O) groups excluding carboxylic acids is 1. The fourth-order valence-electron chi connectivity index (χ4n) is 3.61. The number of carboxylic acids is 1. The van der Waals surface area contributed by atoms with Gasteiger partial charge in [0.05, 0.1) is 18.2 Å². The Morgan fingerprint density at radius 1 is 1.11 bits per heavy atom. The molecule has 0 radical (unpaired) electrons. The molecule has 1 aliphatic rings. The summed E-state index contributed by atoms with van der Waals surface area (Å²) in [5, 5.41) is 11.3. The van der Waals surface area contributed by atoms with Crippen LogP contribution in [-0.4, -0.2) is 54.0 Å². The van der Waals surface area contributed by atoms with Gasteiger partial charge in [0.1, 0.15) is 12.4 Å². The van der Waals surface area contributed by atoms with Gasteiger partial charge in [-0.25, -0.2) is 0 Å². The van der Waals surface area contributed by atoms with Gasteiger partial charge in [-0.3, -0.25) is 9.59 Å². The normalized spacial score (nSPS) is 17.0. The number of amides is 1. The van der Waals surface area contributed by atoms with Gasteiger partial charge < -0.3 is 24.8 Å². The van der Waals surface area contributed by atoms with Crippen LogP contribution in [0, 0.1) is 5.41 Å². The Labute approximate surface area is 213 Å². The van der Waals surface area contributed by atoms with E-state index in [1.807, 2.05) is 17.0 Å². The molecular formula is C26H30F3N3O5. The molecule has 3 rings (SSSR count). The molecule has 0 saturated carbocycles. The molecule has 1 aliphatic heterocycles. The van der Waals surface area contributed by atoms with E-state index in [2.05, 4.69) is 35.8 Å². The predicted molar refractivity (Wildman–Crippen MR) is 131 cm³/mol. The van der Waals surface area contributed by atoms with Crippen LogP contribution in [0.2, 0.25) is 0 Å². The highest BCUT2D eigenvalue weighted by Crippen LogP contribution is 2.32. The Morgan fingerprint density at radius 2 is 1.76 bits per heavy atom. The van der Waals surface area contributed by atoms with Gasteiger partial charge >= 0.3 is 12.3 Å². The molecule has 1 amide bonds. The molecule has 37 heavy (non-hydrogen) atoms. The number of aliphatic carboxylic acids is 1. The van der Waals surface area contributed by atoms with Crippen LogP contribution in [0.4, 0.5) is 18.9 Å². The maximum atomic E-state index is 12.4. The largest absolute Gasteiger partial charge is 0.573 e. The summed E-state index contributed by atoms with van der Waals surface area (Å²) < 4.78 is 47.1. The summed E-state index contributed by atoms with van der Waals surface area (Å²) in [6.07, 6.45) is -4.10. The molecule has 2 N–H and O–H groups in total. The summed E-state index contributed by atoms with van der Waals surface area (Å²) in [6.45, 7) is 7.32. The first kappa shape index (κ1) is 27.8. The number of benzene rings is 2. The SMILES string of the molecule is CC(C)(C)CCN1/C(=N/c2ccc(OC(F)(F)F)cc2)OCC1c1ccc(C(=O)NCCC(=O)O)cc1. The average molecular weight is 522 g/mol. The topological polar surface area (TPSA) is 100 Å². The Morgan fingerprint density at radius 3 is 2.32 bits per heavy atom. The van der Waals surface area contributed by atoms with E-state index in [4.69, 9.17) is 9.84 Å². The number of hydrogen-bond donors (Lipinski definition) is 2. The summed E-state index contributed by atoms with van der Waals surface area (Å²) in [5.41, 5.74) is 1.76. The highest BCUT2D eigenvalue weighted by Gasteiger charge is 2.34. The molecule has 11 heteroatoms. The third kappa shape index (κ3) is 8.69. The van der Waals surface area contributed by atoms with Gasteiger partial charge in [0, 0.05) is 18.7 Å². The van der Waals surface area contributed by atoms with Crippen molar-refractivity contribution in [2.24, 2.45) is 10.4 Å². The van der Waals surface area contributed by atoms with Gasteiger partial charge in [-0.2, -0.15) is 4.99 Å². The maximum Gasteiger partial charge on any atom is 0.573 e. The molecule has 1 saturated heterocycles. The number of alkyl halides is 3. The number of ether oxygens (including phenoxy) is 2. The number of nitrogens with one attached hydrogen (secondary N) is 1. The van der Waals surface area contributed by atoms with Crippen LogP contribution in [0.3, 0.4) is 0 Å². The molecule has 0 bridgehead atoms. The standard InChI is InChI=1S/C26H30F3N3O5/c1-25(2,3)13-15-32-21(17-4-6-18(7-5-17)23(35)30-14-12-22(33)34)16-36-24(32)31-19-8-10-20(11-9-19)37-26(27,28)29/h4-11,21H,12-16H2,1-3H3,(H,30,35)(H,33,34)/b31-24-. The van der Waals surface area contributed by atoms with Gasteiger partial charge in [0.25, 0.3) is 11.9 Å². The second-order valence-electron chi connectivity index (χ2n) is 9.79. The summed E-state index contributed by atoms with van der Waals surface area (Å²) in [7, 11) is 0. The first-order valence-corrected chi connectivity index (χ1v) is 11.7. The van der Waals surface area contributed by atoms with Gasteiger partial charge in [-0.1, -0.05) is 32.9 Å². The number of carbonyl (C=O) groups is 2. The summed E-state index contributed by atoms with van der Waals surface area (Å²) >= 11 is 0. The third-order valence-electron chi connectivity index (χ3n) is 5.57. The molecule has 2 aromatic rings. The number of rotatable bonds is 9. The van der Waals surface area contributed by atoms with Crippen LogP contribution in [-0.2, 0) is 9.53 Å². The van der Waals surface area contributed by atoms with Gasteiger partial charge in [-0.05, 0) is 53.8 Å². The minimum Gasteiger partial charge on any atom is -0.481 e. The predicted octanol–water partition coefficient (Wildman–Crippen LogP) is 5.29. The number of hydrogen-bond acceptors (Lipinski definition) is 5. The van der Waals surface area contributed by atoms with Crippen molar-refractivity contribution in [3.63, 3.8) is 0 Å². The molecule has 1 fully saturated rings. The number of nitrogens with zero attached hydrogens (tertiary/aromatic N) is 2. The molecule has 2 aromatic carbocycles. The van der Waals surface area contributed by atoms with Crippen LogP contribution in [0.1, 0.15) is 55.6 Å². The minimum atomic E-state index is -4.77. The van der Waals surface area contributed by atoms with Crippen molar-refractivity contribution >= 4 is 23.6 Å². The molecular weight excluding hydrogens is 491 g/mol. The lowest BCUT2D eigenvalue weighted by Gasteiger charge is -2.27. The second-order valence-corrected chi connectivity index (χ2v) is 9.79. The molecule has 1 unspecified atom stereocenters. The zero-order chi connectivity index (χ0) is 27.2. The molecule has 200 valence electrons. The molecule has 8 nitrogen and oxygen atoms in total. The zero-order valence-electron chi connectivity index (χ0n) is 20.8. The molecule has 0 aliphatic carbocycles. The van der Waals surface area contributed by atoms with Crippen molar-refractivity contribution in [3.8, 4) is 5.75 Å². The minimum absolute atomic E-state index is 0.0345. The summed E-state index contributed by atoms with van der Waals surface area (Å²) in [6, 6.07) is 12.4. The average Bonchev–Trinajstić information content (AvgIpc) is 3.19. The number of halogens is 3. The van der Waals surface area contributed by atoms with E-state index < -0.39 is 12.3 Å². The van der Waals surface area contributed by atoms with Crippen LogP contribution in [0.25, 0.3) is 0 Å². The monoisotopic (exact) mass is 521 g/mol. The second kappa shape index (κ2) is 11.5. The van der Waals surface area contributed by atoms with E-state index in [1.165, 1.54) is 24.3 Å². The Balaban J connectivity index is 1.77. The van der Waals surface area contributed by atoms with E-state index in [1.54, 1.807) is 12.1 Å². The third-order valence-corrected chi connectivity index (χ3v) is 5.57. The van der Waals surface area contributed by atoms with Crippen LogP contribution in [0.15, 0.2) is 53.5 Å². The highest BCUT2D eigenvalue weighted by molar-refractivity contribution is 5.94. The molecule has 0 aromatic heterocycles. The summed E-state index contributed by atoms with van der Waals surface area (Å²) in [5.74, 6) is -1.69. The van der Waals surface area contributed by atoms with E-state index in [9.17, 15) is 22.8 Å². The lowest BCUT2D eigenvalue weighted by atomic mass is 9.91. The fraction of sp³-hybridized carbons (Fsp3) is 0.423. The van der Waals surface area contributed by atoms with Gasteiger partial charge in [0.15, 0.2) is 0 Å². The molecule has 1 atom stereocenters. The van der Waals surface area contributed by atoms with Crippen LogP contribution in [0.5, 0.6) is 5.75 Å². The lowest BCUT2D eigenvalue weighted by molar-refractivity contribution is -0.274. The molecule has 0 spiro atoms. The van der Waals surface area contributed by atoms with Crippen LogP contribution >= 0.6 is 0 Å². The lowest BCUT2D eigenvalue weighted by Crippen LogP contribution is -2.32. The zero-order valence-corrected chi connectivity index (χ0v) is 20.8. The van der Waals surface area contributed by atoms with Crippen molar-refractivity contribution < 1.29 is 37.3 Å². The van der Waals surface area contributed by atoms with Crippen molar-refractivity contribution in [2.45, 2.75) is 46.0 Å². The van der Waals surface area contributed by atoms with Crippen molar-refractivity contribution in [2.75, 3.05) is 19.7 Å². The van der Waals surface area contributed by atoms with Crippen molar-refractivity contribution in [1.29, 1.82) is 0 Å². The first-order valence-electron chi connectivity index (χ1n) is 11.7. The Kier molecular flexibility index (Phi) is 8.67. The Bertz CT molecular complexity index is 1110.